The predicted octanol–water partition coefficient (Wildman–Crippen LogP) is 8.69. The molecule has 9 nitrogen and oxygen atoms in total. The Morgan fingerprint density at radius 1 is 0.560 bits per heavy atom. The number of hydrogen-bond donors (Lipinski definition) is 4. The van der Waals surface area contributed by atoms with Gasteiger partial charge in [-0.3, -0.25) is 4.79 Å². The van der Waals surface area contributed by atoms with Gasteiger partial charge in [-0.2, -0.15) is 0 Å². The van der Waals surface area contributed by atoms with Crippen molar-refractivity contribution in [3.05, 3.63) is 0 Å². The van der Waals surface area contributed by atoms with Crippen LogP contribution in [0.1, 0.15) is 194 Å². The Hall–Kier alpha value is -0.810. The Bertz CT molecular complexity index is 737. The molecule has 4 N–H and O–H groups in total. The molecule has 1 saturated heterocycles. The van der Waals surface area contributed by atoms with E-state index in [2.05, 4.69) is 13.8 Å². The third-order valence-corrected chi connectivity index (χ3v) is 10.0. The van der Waals surface area contributed by atoms with Crippen LogP contribution in [0.4, 0.5) is 0 Å². The fraction of sp³-hybridized carbons (Fsp3) is 0.976. The van der Waals surface area contributed by atoms with Gasteiger partial charge in [-0.15, -0.1) is 0 Å². The minimum atomic E-state index is -1.53. The van der Waals surface area contributed by atoms with Gasteiger partial charge < -0.3 is 39.4 Å². The normalized spacial score (nSPS) is 21.4. The molecule has 6 atom stereocenters. The van der Waals surface area contributed by atoms with Crippen LogP contribution in [0, 0.1) is 0 Å². The molecule has 6 unspecified atom stereocenters. The van der Waals surface area contributed by atoms with Gasteiger partial charge in [-0.1, -0.05) is 174 Å². The lowest BCUT2D eigenvalue weighted by molar-refractivity contribution is -0.305. The van der Waals surface area contributed by atoms with E-state index in [1.54, 1.807) is 0 Å². The Morgan fingerprint density at radius 3 is 1.42 bits per heavy atom. The van der Waals surface area contributed by atoms with Gasteiger partial charge in [-0.25, -0.2) is 0 Å². The monoisotopic (exact) mass is 717 g/mol. The van der Waals surface area contributed by atoms with Crippen LogP contribution in [0.25, 0.3) is 0 Å². The molecule has 50 heavy (non-hydrogen) atoms. The van der Waals surface area contributed by atoms with Crippen molar-refractivity contribution in [2.24, 2.45) is 0 Å². The molecule has 1 rings (SSSR count). The van der Waals surface area contributed by atoms with E-state index in [-0.39, 0.29) is 19.2 Å². The second-order valence-corrected chi connectivity index (χ2v) is 14.8. The van der Waals surface area contributed by atoms with Gasteiger partial charge in [0.15, 0.2) is 6.29 Å². The van der Waals surface area contributed by atoms with Crippen molar-refractivity contribution in [1.29, 1.82) is 0 Å². The highest BCUT2D eigenvalue weighted by atomic mass is 16.7. The quantitative estimate of drug-likeness (QED) is 0.0371. The smallest absolute Gasteiger partial charge is 0.306 e. The maximum Gasteiger partial charge on any atom is 0.306 e. The van der Waals surface area contributed by atoms with Crippen molar-refractivity contribution in [1.82, 2.24) is 0 Å². The number of carbonyl (C=O) groups excluding carboxylic acids is 1. The highest BCUT2D eigenvalue weighted by Gasteiger charge is 2.44. The van der Waals surface area contributed by atoms with Gasteiger partial charge in [0, 0.05) is 13.0 Å². The van der Waals surface area contributed by atoms with Crippen LogP contribution in [-0.2, 0) is 23.7 Å². The summed E-state index contributed by atoms with van der Waals surface area (Å²) in [5, 5.41) is 39.9. The maximum absolute atomic E-state index is 12.7. The first-order chi connectivity index (χ1) is 24.4. The number of esters is 1. The largest absolute Gasteiger partial charge is 0.457 e. The van der Waals surface area contributed by atoms with Crippen LogP contribution in [0.2, 0.25) is 0 Å². The predicted molar refractivity (Wildman–Crippen MR) is 201 cm³/mol. The Balaban J connectivity index is 2.18. The van der Waals surface area contributed by atoms with Crippen molar-refractivity contribution in [2.45, 2.75) is 230 Å². The lowest BCUT2D eigenvalue weighted by Gasteiger charge is -2.39. The van der Waals surface area contributed by atoms with Gasteiger partial charge >= 0.3 is 5.97 Å². The average Bonchev–Trinajstić information content (AvgIpc) is 3.11. The lowest BCUT2D eigenvalue weighted by Crippen LogP contribution is -2.59. The zero-order valence-electron chi connectivity index (χ0n) is 32.4. The number of aliphatic hydroxyl groups is 4. The fourth-order valence-electron chi connectivity index (χ4n) is 6.67. The fourth-order valence-corrected chi connectivity index (χ4v) is 6.67. The molecule has 0 saturated carbocycles. The molecule has 298 valence electrons. The minimum Gasteiger partial charge on any atom is -0.457 e. The molecule has 0 aromatic carbocycles. The first-order valence-corrected chi connectivity index (χ1v) is 21.1. The van der Waals surface area contributed by atoms with Gasteiger partial charge in [0.05, 0.1) is 19.8 Å². The molecule has 0 aromatic rings. The third kappa shape index (κ3) is 25.2. The summed E-state index contributed by atoms with van der Waals surface area (Å²) in [6.45, 7) is 4.55. The molecule has 9 heteroatoms. The van der Waals surface area contributed by atoms with E-state index in [4.69, 9.17) is 18.9 Å². The zero-order valence-corrected chi connectivity index (χ0v) is 32.4. The number of rotatable bonds is 36. The van der Waals surface area contributed by atoms with Crippen LogP contribution in [-0.4, -0.2) is 89.6 Å². The van der Waals surface area contributed by atoms with Crippen molar-refractivity contribution in [3.8, 4) is 0 Å². The van der Waals surface area contributed by atoms with Gasteiger partial charge in [0.25, 0.3) is 0 Å². The molecule has 0 aliphatic carbocycles. The summed E-state index contributed by atoms with van der Waals surface area (Å²) in [5.74, 6) is -0.311. The molecule has 1 heterocycles. The molecule has 1 aliphatic rings. The van der Waals surface area contributed by atoms with Gasteiger partial charge in [0.2, 0.25) is 0 Å². The van der Waals surface area contributed by atoms with E-state index in [1.807, 2.05) is 0 Å². The van der Waals surface area contributed by atoms with E-state index in [1.165, 1.54) is 141 Å². The number of ether oxygens (including phenoxy) is 4. The molecule has 0 spiro atoms. The number of unbranched alkanes of at least 4 members (excludes halogenated alkanes) is 25. The van der Waals surface area contributed by atoms with Crippen LogP contribution < -0.4 is 0 Å². The van der Waals surface area contributed by atoms with Crippen LogP contribution in [0.5, 0.6) is 0 Å². The average molecular weight is 717 g/mol. The second-order valence-electron chi connectivity index (χ2n) is 14.8. The van der Waals surface area contributed by atoms with Gasteiger partial charge in [-0.05, 0) is 12.8 Å². The first-order valence-electron chi connectivity index (χ1n) is 21.1. The van der Waals surface area contributed by atoms with Crippen LogP contribution >= 0.6 is 0 Å². The Labute approximate surface area is 306 Å². The maximum atomic E-state index is 12.7. The summed E-state index contributed by atoms with van der Waals surface area (Å²) in [5.41, 5.74) is 0. The van der Waals surface area contributed by atoms with E-state index in [0.717, 1.165) is 32.1 Å². The molecule has 0 aromatic heterocycles. The summed E-state index contributed by atoms with van der Waals surface area (Å²) < 4.78 is 22.7. The van der Waals surface area contributed by atoms with Crippen molar-refractivity contribution < 1.29 is 44.2 Å². The summed E-state index contributed by atoms with van der Waals surface area (Å²) in [7, 11) is 0. The third-order valence-electron chi connectivity index (χ3n) is 10.0. The molecule has 0 bridgehead atoms. The summed E-state index contributed by atoms with van der Waals surface area (Å²) in [6, 6.07) is 0. The van der Waals surface area contributed by atoms with Crippen molar-refractivity contribution in [2.75, 3.05) is 26.4 Å². The Kier molecular flexibility index (Phi) is 32.1. The number of carbonyl (C=O) groups is 1. The molecule has 1 fully saturated rings. The number of hydrogen-bond acceptors (Lipinski definition) is 9. The standard InChI is InChI=1S/C41H80O9/c1-3-5-7-9-11-12-13-14-15-16-17-18-19-20-21-22-23-24-26-28-30-37(43)49-35(33-47-31-29-27-25-10-8-6-4-2)34-48-41-40(46)39(45)38(44)36(32-42)50-41/h35-36,38-42,44-46H,3-34H2,1-2H3. The Morgan fingerprint density at radius 2 is 0.980 bits per heavy atom. The van der Waals surface area contributed by atoms with Crippen LogP contribution in [0.3, 0.4) is 0 Å². The van der Waals surface area contributed by atoms with Crippen molar-refractivity contribution in [3.63, 3.8) is 0 Å². The molecular weight excluding hydrogens is 636 g/mol. The van der Waals surface area contributed by atoms with E-state index < -0.39 is 43.4 Å². The summed E-state index contributed by atoms with van der Waals surface area (Å²) in [4.78, 5) is 12.7. The van der Waals surface area contributed by atoms with Crippen LogP contribution in [0.15, 0.2) is 0 Å². The highest BCUT2D eigenvalue weighted by molar-refractivity contribution is 5.69. The van der Waals surface area contributed by atoms with Crippen molar-refractivity contribution >= 4 is 5.97 Å². The highest BCUT2D eigenvalue weighted by Crippen LogP contribution is 2.23. The van der Waals surface area contributed by atoms with E-state index in [9.17, 15) is 25.2 Å². The van der Waals surface area contributed by atoms with E-state index >= 15 is 0 Å². The lowest BCUT2D eigenvalue weighted by atomic mass is 9.99. The molecule has 1 aliphatic heterocycles. The van der Waals surface area contributed by atoms with Gasteiger partial charge in [0.1, 0.15) is 30.5 Å². The second kappa shape index (κ2) is 34.0. The topological polar surface area (TPSA) is 135 Å². The molecule has 0 amide bonds. The SMILES string of the molecule is CCCCCCCCCCCCCCCCCCCCCCC(=O)OC(COCCCCCCCCC)COC1OC(CO)C(O)C(O)C1O. The molecular formula is C41H80O9. The summed E-state index contributed by atoms with van der Waals surface area (Å²) in [6.07, 6.45) is 27.2. The number of aliphatic hydroxyl groups excluding tert-OH is 4. The summed E-state index contributed by atoms with van der Waals surface area (Å²) >= 11 is 0. The first kappa shape index (κ1) is 47.2. The molecule has 0 radical (unpaired) electrons. The van der Waals surface area contributed by atoms with E-state index in [0.29, 0.717) is 13.0 Å². The zero-order chi connectivity index (χ0) is 36.5. The minimum absolute atomic E-state index is 0.106.